The molecule has 15 heavy (non-hydrogen) atoms. The number of aryl methyl sites for hydroxylation is 2. The van der Waals surface area contributed by atoms with Crippen LogP contribution in [0.1, 0.15) is 17.0 Å². The van der Waals surface area contributed by atoms with Gasteiger partial charge in [-0.1, -0.05) is 0 Å². The summed E-state index contributed by atoms with van der Waals surface area (Å²) in [6, 6.07) is 2.04. The third kappa shape index (κ3) is 2.66. The third-order valence-electron chi connectivity index (χ3n) is 2.15. The lowest BCUT2D eigenvalue weighted by atomic mass is 10.3. The van der Waals surface area contributed by atoms with Crippen molar-refractivity contribution in [1.29, 1.82) is 0 Å². The number of hydrogen-bond donors (Lipinski definition) is 2. The van der Waals surface area contributed by atoms with Crippen molar-refractivity contribution in [2.45, 2.75) is 20.0 Å². The topological polar surface area (TPSA) is 58.5 Å². The van der Waals surface area contributed by atoms with Crippen LogP contribution in [0.5, 0.6) is 0 Å². The van der Waals surface area contributed by atoms with E-state index in [-0.39, 0.29) is 0 Å². The van der Waals surface area contributed by atoms with Crippen molar-refractivity contribution in [2.75, 3.05) is 0 Å². The summed E-state index contributed by atoms with van der Waals surface area (Å²) in [6.07, 6.45) is 3.87. The van der Waals surface area contributed by atoms with Gasteiger partial charge >= 0.3 is 0 Å². The highest BCUT2D eigenvalue weighted by molar-refractivity contribution is 5.07. The van der Waals surface area contributed by atoms with E-state index in [1.165, 1.54) is 5.56 Å². The van der Waals surface area contributed by atoms with Crippen LogP contribution in [-0.2, 0) is 20.1 Å². The van der Waals surface area contributed by atoms with E-state index in [1.54, 1.807) is 4.68 Å². The summed E-state index contributed by atoms with van der Waals surface area (Å²) in [4.78, 5) is 0. The fraction of sp³-hybridized carbons (Fsp3) is 0.400. The largest absolute Gasteiger partial charge is 0.307 e. The maximum absolute atomic E-state index is 4.14. The Morgan fingerprint density at radius 2 is 2.33 bits per heavy atom. The average molecular weight is 205 g/mol. The van der Waals surface area contributed by atoms with Crippen LogP contribution in [0.2, 0.25) is 0 Å². The normalized spacial score (nSPS) is 10.8. The molecule has 0 amide bonds. The van der Waals surface area contributed by atoms with Crippen molar-refractivity contribution in [3.8, 4) is 0 Å². The molecule has 5 nitrogen and oxygen atoms in total. The van der Waals surface area contributed by atoms with Crippen LogP contribution in [-0.4, -0.2) is 20.0 Å². The number of aromatic nitrogens is 4. The van der Waals surface area contributed by atoms with Crippen LogP contribution in [0.4, 0.5) is 0 Å². The van der Waals surface area contributed by atoms with Crippen LogP contribution in [0.3, 0.4) is 0 Å². The van der Waals surface area contributed by atoms with Gasteiger partial charge in [-0.15, -0.1) is 0 Å². The molecule has 5 heteroatoms. The molecule has 0 fully saturated rings. The van der Waals surface area contributed by atoms with Gasteiger partial charge in [0.1, 0.15) is 0 Å². The highest BCUT2D eigenvalue weighted by Crippen LogP contribution is 1.99. The van der Waals surface area contributed by atoms with Gasteiger partial charge in [-0.25, -0.2) is 0 Å². The number of H-pyrrole nitrogens is 1. The number of hydrogen-bond acceptors (Lipinski definition) is 3. The monoisotopic (exact) mass is 205 g/mol. The van der Waals surface area contributed by atoms with E-state index >= 15 is 0 Å². The van der Waals surface area contributed by atoms with Gasteiger partial charge in [0.2, 0.25) is 0 Å². The minimum atomic E-state index is 0.777. The summed E-state index contributed by atoms with van der Waals surface area (Å²) in [5.74, 6) is 0. The standard InChI is InChI=1S/C10H15N5/c1-8-3-10(14-13-8)6-11-4-9-5-12-15(2)7-9/h3,5,7,11H,4,6H2,1-2H3,(H,13,14). The average Bonchev–Trinajstić information content (AvgIpc) is 2.76. The second-order valence-electron chi connectivity index (χ2n) is 3.67. The van der Waals surface area contributed by atoms with E-state index < -0.39 is 0 Å². The predicted octanol–water partition coefficient (Wildman–Crippen LogP) is 0.741. The molecule has 80 valence electrons. The summed E-state index contributed by atoms with van der Waals surface area (Å²) < 4.78 is 1.80. The second-order valence-corrected chi connectivity index (χ2v) is 3.67. The lowest BCUT2D eigenvalue weighted by Gasteiger charge is -1.98. The van der Waals surface area contributed by atoms with Gasteiger partial charge in [0.15, 0.2) is 0 Å². The van der Waals surface area contributed by atoms with Gasteiger partial charge in [0, 0.05) is 37.6 Å². The first-order chi connectivity index (χ1) is 7.24. The van der Waals surface area contributed by atoms with E-state index in [9.17, 15) is 0 Å². The molecule has 0 unspecified atom stereocenters. The van der Waals surface area contributed by atoms with Gasteiger partial charge in [0.25, 0.3) is 0 Å². The van der Waals surface area contributed by atoms with Gasteiger partial charge in [-0.2, -0.15) is 10.2 Å². The van der Waals surface area contributed by atoms with Gasteiger partial charge < -0.3 is 5.32 Å². The Kier molecular flexibility index (Phi) is 2.82. The highest BCUT2D eigenvalue weighted by atomic mass is 15.2. The molecule has 0 bridgehead atoms. The molecule has 2 aromatic heterocycles. The first-order valence-electron chi connectivity index (χ1n) is 4.93. The van der Waals surface area contributed by atoms with Crippen molar-refractivity contribution < 1.29 is 0 Å². The van der Waals surface area contributed by atoms with Gasteiger partial charge in [0.05, 0.1) is 11.9 Å². The van der Waals surface area contributed by atoms with Crippen molar-refractivity contribution in [3.05, 3.63) is 35.4 Å². The molecule has 0 aliphatic carbocycles. The second kappa shape index (κ2) is 4.27. The van der Waals surface area contributed by atoms with Gasteiger partial charge in [-0.05, 0) is 13.0 Å². The molecule has 0 aliphatic heterocycles. The SMILES string of the molecule is Cc1cc(CNCc2cnn(C)c2)n[nH]1. The summed E-state index contributed by atoms with van der Waals surface area (Å²) >= 11 is 0. The molecular weight excluding hydrogens is 190 g/mol. The molecule has 0 aromatic carbocycles. The minimum Gasteiger partial charge on any atom is -0.307 e. The van der Waals surface area contributed by atoms with Crippen LogP contribution in [0.25, 0.3) is 0 Å². The van der Waals surface area contributed by atoms with E-state index in [1.807, 2.05) is 32.4 Å². The molecule has 0 aliphatic rings. The Balaban J connectivity index is 1.80. The fourth-order valence-electron chi connectivity index (χ4n) is 1.46. The lowest BCUT2D eigenvalue weighted by molar-refractivity contribution is 0.676. The van der Waals surface area contributed by atoms with Crippen LogP contribution in [0.15, 0.2) is 18.5 Å². The Morgan fingerprint density at radius 3 is 2.93 bits per heavy atom. The van der Waals surface area contributed by atoms with E-state index in [0.29, 0.717) is 0 Å². The maximum Gasteiger partial charge on any atom is 0.0762 e. The predicted molar refractivity (Wildman–Crippen MR) is 57.1 cm³/mol. The summed E-state index contributed by atoms with van der Waals surface area (Å²) in [5, 5.41) is 14.5. The Morgan fingerprint density at radius 1 is 1.47 bits per heavy atom. The molecule has 0 atom stereocenters. The molecule has 0 spiro atoms. The Hall–Kier alpha value is -1.62. The van der Waals surface area contributed by atoms with Crippen molar-refractivity contribution in [2.24, 2.45) is 7.05 Å². The quantitative estimate of drug-likeness (QED) is 0.774. The van der Waals surface area contributed by atoms with E-state index in [2.05, 4.69) is 20.6 Å². The number of nitrogens with zero attached hydrogens (tertiary/aromatic N) is 3. The molecule has 0 radical (unpaired) electrons. The fourth-order valence-corrected chi connectivity index (χ4v) is 1.46. The molecule has 2 N–H and O–H groups in total. The maximum atomic E-state index is 4.14. The molecule has 2 rings (SSSR count). The molecular formula is C10H15N5. The first kappa shape index (κ1) is 9.92. The molecule has 2 aromatic rings. The third-order valence-corrected chi connectivity index (χ3v) is 2.15. The minimum absolute atomic E-state index is 0.777. The van der Waals surface area contributed by atoms with Crippen molar-refractivity contribution >= 4 is 0 Å². The lowest BCUT2D eigenvalue weighted by Crippen LogP contribution is -2.12. The van der Waals surface area contributed by atoms with Crippen molar-refractivity contribution in [3.63, 3.8) is 0 Å². The van der Waals surface area contributed by atoms with E-state index in [0.717, 1.165) is 24.5 Å². The Labute approximate surface area is 88.5 Å². The summed E-state index contributed by atoms with van der Waals surface area (Å²) in [7, 11) is 1.92. The van der Waals surface area contributed by atoms with Crippen LogP contribution >= 0.6 is 0 Å². The van der Waals surface area contributed by atoms with Gasteiger partial charge in [-0.3, -0.25) is 9.78 Å². The zero-order valence-electron chi connectivity index (χ0n) is 8.99. The highest BCUT2D eigenvalue weighted by Gasteiger charge is 1.98. The first-order valence-corrected chi connectivity index (χ1v) is 4.93. The molecule has 2 heterocycles. The number of nitrogens with one attached hydrogen (secondary N) is 2. The summed E-state index contributed by atoms with van der Waals surface area (Å²) in [6.45, 7) is 3.59. The smallest absolute Gasteiger partial charge is 0.0762 e. The Bertz CT molecular complexity index is 388. The number of aromatic amines is 1. The van der Waals surface area contributed by atoms with Crippen LogP contribution < -0.4 is 5.32 Å². The zero-order valence-corrected chi connectivity index (χ0v) is 8.99. The number of rotatable bonds is 4. The van der Waals surface area contributed by atoms with Crippen molar-refractivity contribution in [1.82, 2.24) is 25.3 Å². The van der Waals surface area contributed by atoms with Crippen LogP contribution in [0, 0.1) is 6.92 Å². The summed E-state index contributed by atoms with van der Waals surface area (Å²) in [5.41, 5.74) is 3.31. The van der Waals surface area contributed by atoms with E-state index in [4.69, 9.17) is 0 Å². The molecule has 0 saturated heterocycles. The molecule has 0 saturated carbocycles. The zero-order chi connectivity index (χ0) is 10.7.